The molecule has 156 valence electrons. The van der Waals surface area contributed by atoms with Crippen LogP contribution in [0.25, 0.3) is 22.2 Å². The van der Waals surface area contributed by atoms with Crippen LogP contribution in [0.5, 0.6) is 0 Å². The number of aryl methyl sites for hydroxylation is 2. The van der Waals surface area contributed by atoms with Crippen LogP contribution >= 0.6 is 0 Å². The van der Waals surface area contributed by atoms with Crippen LogP contribution in [0.1, 0.15) is 38.0 Å². The molecule has 3 heterocycles. The molecule has 30 heavy (non-hydrogen) atoms. The normalized spacial score (nSPS) is 12.7. The number of benzene rings is 1. The van der Waals surface area contributed by atoms with Crippen molar-refractivity contribution in [2.24, 2.45) is 13.0 Å². The first-order valence-electron chi connectivity index (χ1n) is 9.75. The van der Waals surface area contributed by atoms with Crippen molar-refractivity contribution in [1.29, 1.82) is 0 Å². The molecule has 1 atom stereocenters. The fourth-order valence-electron chi connectivity index (χ4n) is 3.42. The zero-order valence-electron chi connectivity index (χ0n) is 16.9. The molecule has 0 radical (unpaired) electrons. The van der Waals surface area contributed by atoms with E-state index in [1.807, 2.05) is 38.1 Å². The number of H-pyrrole nitrogens is 3. The van der Waals surface area contributed by atoms with Crippen molar-refractivity contribution in [3.05, 3.63) is 56.8 Å². The summed E-state index contributed by atoms with van der Waals surface area (Å²) in [7, 11) is 1.53. The second kappa shape index (κ2) is 7.62. The fraction of sp³-hybridized carbons (Fsp3) is 0.350. The third-order valence-electron chi connectivity index (χ3n) is 5.08. The van der Waals surface area contributed by atoms with E-state index in [-0.39, 0.29) is 35.5 Å². The molecule has 10 heteroatoms. The van der Waals surface area contributed by atoms with E-state index in [2.05, 4.69) is 30.2 Å². The summed E-state index contributed by atoms with van der Waals surface area (Å²) in [6.45, 7) is 4.04. The molecular weight excluding hydrogens is 386 g/mol. The maximum atomic E-state index is 12.6. The Morgan fingerprint density at radius 2 is 1.90 bits per heavy atom. The highest BCUT2D eigenvalue weighted by Gasteiger charge is 2.22. The average molecular weight is 409 g/mol. The molecule has 0 aliphatic carbocycles. The largest absolute Gasteiger partial charge is 0.346 e. The van der Waals surface area contributed by atoms with Gasteiger partial charge in [-0.15, -0.1) is 0 Å². The molecule has 4 N–H and O–H groups in total. The van der Waals surface area contributed by atoms with Crippen molar-refractivity contribution in [2.45, 2.75) is 32.7 Å². The summed E-state index contributed by atoms with van der Waals surface area (Å²) in [5.74, 6) is 1.16. The number of hydrogen-bond acceptors (Lipinski definition) is 5. The summed E-state index contributed by atoms with van der Waals surface area (Å²) in [6.07, 6.45) is 0.480. The lowest BCUT2D eigenvalue weighted by atomic mass is 10.0. The topological polar surface area (TPSA) is 141 Å². The minimum absolute atomic E-state index is 0.133. The van der Waals surface area contributed by atoms with Crippen LogP contribution in [0.4, 0.5) is 0 Å². The number of rotatable bonds is 6. The molecule has 0 saturated heterocycles. The number of imidazole rings is 2. The quantitative estimate of drug-likeness (QED) is 0.379. The van der Waals surface area contributed by atoms with Gasteiger partial charge in [0.1, 0.15) is 17.2 Å². The number of carbonyl (C=O) groups excluding carboxylic acids is 1. The maximum absolute atomic E-state index is 12.6. The first-order chi connectivity index (χ1) is 14.3. The van der Waals surface area contributed by atoms with Gasteiger partial charge in [0.05, 0.1) is 17.1 Å². The van der Waals surface area contributed by atoms with Crippen LogP contribution in [-0.4, -0.2) is 35.4 Å². The Hall–Kier alpha value is -3.69. The monoisotopic (exact) mass is 409 g/mol. The molecule has 10 nitrogen and oxygen atoms in total. The number of nitrogens with zero attached hydrogens (tertiary/aromatic N) is 3. The Kier molecular flexibility index (Phi) is 4.98. The number of carbonyl (C=O) groups is 1. The van der Waals surface area contributed by atoms with E-state index >= 15 is 0 Å². The van der Waals surface area contributed by atoms with Gasteiger partial charge in [0.25, 0.3) is 5.56 Å². The standard InChI is InChI=1S/C20H23N7O3/c1-10(2)15(17-21-11-6-4-5-7-12(11)22-17)25-14(28)9-8-13-23-16-18(24-13)27(3)20(30)26-19(16)29/h4-7,10,15H,8-9H2,1-3H3,(H,21,22)(H,23,24)(H,25,28)(H,26,29,30). The lowest BCUT2D eigenvalue weighted by Crippen LogP contribution is -2.32. The van der Waals surface area contributed by atoms with Gasteiger partial charge in [-0.25, -0.2) is 14.8 Å². The molecule has 4 rings (SSSR count). The predicted molar refractivity (Wildman–Crippen MR) is 112 cm³/mol. The van der Waals surface area contributed by atoms with E-state index in [9.17, 15) is 14.4 Å². The Labute approximate surface area is 170 Å². The minimum atomic E-state index is -0.533. The number of amides is 1. The van der Waals surface area contributed by atoms with E-state index in [0.29, 0.717) is 18.1 Å². The third-order valence-corrected chi connectivity index (χ3v) is 5.08. The molecule has 0 aliphatic rings. The molecule has 0 fully saturated rings. The Morgan fingerprint density at radius 1 is 1.13 bits per heavy atom. The Balaban J connectivity index is 1.48. The van der Waals surface area contributed by atoms with Crippen molar-refractivity contribution < 1.29 is 4.79 Å². The van der Waals surface area contributed by atoms with Crippen molar-refractivity contribution >= 4 is 28.1 Å². The van der Waals surface area contributed by atoms with E-state index in [4.69, 9.17) is 0 Å². The van der Waals surface area contributed by atoms with Crippen LogP contribution in [0.3, 0.4) is 0 Å². The molecule has 1 amide bonds. The number of fused-ring (bicyclic) bond motifs is 2. The van der Waals surface area contributed by atoms with Gasteiger partial charge in [-0.05, 0) is 18.1 Å². The highest BCUT2D eigenvalue weighted by Crippen LogP contribution is 2.22. The SMILES string of the molecule is CC(C)C(NC(=O)CCc1nc2c([nH]1)c(=O)[nH]c(=O)n2C)c1nc2ccccc2[nH]1. The molecule has 0 saturated carbocycles. The molecule has 4 aromatic rings. The van der Waals surface area contributed by atoms with Crippen molar-refractivity contribution in [1.82, 2.24) is 34.8 Å². The van der Waals surface area contributed by atoms with Crippen LogP contribution in [-0.2, 0) is 18.3 Å². The van der Waals surface area contributed by atoms with Crippen LogP contribution in [0.2, 0.25) is 0 Å². The lowest BCUT2D eigenvalue weighted by molar-refractivity contribution is -0.122. The number of nitrogens with one attached hydrogen (secondary N) is 4. The first kappa shape index (κ1) is 19.6. The molecule has 0 aliphatic heterocycles. The Bertz CT molecular complexity index is 1310. The zero-order valence-corrected chi connectivity index (χ0v) is 16.9. The molecule has 0 bridgehead atoms. The molecule has 3 aromatic heterocycles. The number of hydrogen-bond donors (Lipinski definition) is 4. The number of para-hydroxylation sites is 2. The summed E-state index contributed by atoms with van der Waals surface area (Å²) < 4.78 is 1.26. The highest BCUT2D eigenvalue weighted by molar-refractivity contribution is 5.78. The number of aromatic amines is 3. The molecule has 1 aromatic carbocycles. The summed E-state index contributed by atoms with van der Waals surface area (Å²) in [5.41, 5.74) is 1.20. The third kappa shape index (κ3) is 3.63. The zero-order chi connectivity index (χ0) is 21.4. The summed E-state index contributed by atoms with van der Waals surface area (Å²) in [4.78, 5) is 53.5. The molecule has 0 spiro atoms. The molecule has 1 unspecified atom stereocenters. The van der Waals surface area contributed by atoms with Gasteiger partial charge in [-0.1, -0.05) is 26.0 Å². The fourth-order valence-corrected chi connectivity index (χ4v) is 3.42. The van der Waals surface area contributed by atoms with E-state index in [1.54, 1.807) is 0 Å². The van der Waals surface area contributed by atoms with Gasteiger partial charge in [0.15, 0.2) is 5.65 Å². The van der Waals surface area contributed by atoms with Crippen molar-refractivity contribution in [3.8, 4) is 0 Å². The van der Waals surface area contributed by atoms with Gasteiger partial charge >= 0.3 is 5.69 Å². The van der Waals surface area contributed by atoms with Crippen LogP contribution < -0.4 is 16.6 Å². The molecular formula is C20H23N7O3. The van der Waals surface area contributed by atoms with Crippen LogP contribution in [0.15, 0.2) is 33.9 Å². The average Bonchev–Trinajstić information content (AvgIpc) is 3.33. The summed E-state index contributed by atoms with van der Waals surface area (Å²) in [6, 6.07) is 7.46. The van der Waals surface area contributed by atoms with Gasteiger partial charge in [-0.3, -0.25) is 19.1 Å². The second-order valence-electron chi connectivity index (χ2n) is 7.63. The summed E-state index contributed by atoms with van der Waals surface area (Å²) >= 11 is 0. The van der Waals surface area contributed by atoms with Crippen LogP contribution in [0, 0.1) is 5.92 Å². The maximum Gasteiger partial charge on any atom is 0.329 e. The Morgan fingerprint density at radius 3 is 2.63 bits per heavy atom. The first-order valence-corrected chi connectivity index (χ1v) is 9.75. The second-order valence-corrected chi connectivity index (χ2v) is 7.63. The smallest absolute Gasteiger partial charge is 0.329 e. The van der Waals surface area contributed by atoms with E-state index in [1.165, 1.54) is 11.6 Å². The highest BCUT2D eigenvalue weighted by atomic mass is 16.2. The van der Waals surface area contributed by atoms with E-state index in [0.717, 1.165) is 11.0 Å². The van der Waals surface area contributed by atoms with E-state index < -0.39 is 11.2 Å². The number of aromatic nitrogens is 6. The van der Waals surface area contributed by atoms with Gasteiger partial charge in [0, 0.05) is 19.9 Å². The van der Waals surface area contributed by atoms with Gasteiger partial charge in [0.2, 0.25) is 5.91 Å². The van der Waals surface area contributed by atoms with Gasteiger partial charge < -0.3 is 15.3 Å². The summed E-state index contributed by atoms with van der Waals surface area (Å²) in [5, 5.41) is 3.03. The minimum Gasteiger partial charge on any atom is -0.346 e. The van der Waals surface area contributed by atoms with Gasteiger partial charge in [-0.2, -0.15) is 0 Å². The van der Waals surface area contributed by atoms with Crippen molar-refractivity contribution in [3.63, 3.8) is 0 Å². The predicted octanol–water partition coefficient (Wildman–Crippen LogP) is 1.27. The lowest BCUT2D eigenvalue weighted by Gasteiger charge is -2.20. The van der Waals surface area contributed by atoms with Crippen molar-refractivity contribution in [2.75, 3.05) is 0 Å².